The molecule has 2 N–H and O–H groups in total. The minimum Gasteiger partial charge on any atom is -0.326 e. The maximum atomic E-state index is 12.5. The fourth-order valence-corrected chi connectivity index (χ4v) is 2.86. The molecule has 3 amide bonds. The van der Waals surface area contributed by atoms with Crippen molar-refractivity contribution in [1.29, 1.82) is 0 Å². The number of aryl methyl sites for hydroxylation is 2. The van der Waals surface area contributed by atoms with Crippen molar-refractivity contribution >= 4 is 35.0 Å². The van der Waals surface area contributed by atoms with Crippen LogP contribution in [0.1, 0.15) is 12.1 Å². The van der Waals surface area contributed by atoms with E-state index in [2.05, 4.69) is 15.7 Å². The Hall–Kier alpha value is -2.54. The first-order chi connectivity index (χ1) is 11.4. The van der Waals surface area contributed by atoms with Crippen LogP contribution in [0.15, 0.2) is 30.3 Å². The summed E-state index contributed by atoms with van der Waals surface area (Å²) >= 11 is 5.87. The third kappa shape index (κ3) is 3.35. The molecule has 1 aromatic heterocycles. The highest BCUT2D eigenvalue weighted by atomic mass is 35.5. The van der Waals surface area contributed by atoms with Gasteiger partial charge in [0.1, 0.15) is 11.9 Å². The van der Waals surface area contributed by atoms with Gasteiger partial charge in [-0.25, -0.2) is 4.79 Å². The number of carbonyl (C=O) groups is 2. The molecule has 8 heteroatoms. The molecule has 3 rings (SSSR count). The summed E-state index contributed by atoms with van der Waals surface area (Å²) in [6.45, 7) is 2.39. The van der Waals surface area contributed by atoms with Crippen LogP contribution >= 0.6 is 11.6 Å². The zero-order chi connectivity index (χ0) is 17.3. The van der Waals surface area contributed by atoms with Crippen molar-refractivity contribution in [2.45, 2.75) is 19.4 Å². The number of rotatable bonds is 3. The molecular weight excluding hydrogens is 330 g/mol. The first-order valence-electron chi connectivity index (χ1n) is 7.59. The molecule has 1 fully saturated rings. The maximum absolute atomic E-state index is 12.5. The number of aromatic nitrogens is 2. The van der Waals surface area contributed by atoms with Crippen molar-refractivity contribution in [2.24, 2.45) is 7.05 Å². The summed E-state index contributed by atoms with van der Waals surface area (Å²) in [6, 6.07) is 7.85. The highest BCUT2D eigenvalue weighted by molar-refractivity contribution is 6.30. The lowest BCUT2D eigenvalue weighted by molar-refractivity contribution is -0.118. The summed E-state index contributed by atoms with van der Waals surface area (Å²) in [5, 5.41) is 10.2. The van der Waals surface area contributed by atoms with E-state index >= 15 is 0 Å². The van der Waals surface area contributed by atoms with Crippen LogP contribution in [0.5, 0.6) is 0 Å². The number of amides is 3. The lowest BCUT2D eigenvalue weighted by Gasteiger charge is -2.17. The van der Waals surface area contributed by atoms with Gasteiger partial charge in [-0.3, -0.25) is 14.8 Å². The molecule has 7 nitrogen and oxygen atoms in total. The average molecular weight is 348 g/mol. The Morgan fingerprint density at radius 3 is 2.67 bits per heavy atom. The van der Waals surface area contributed by atoms with E-state index in [0.29, 0.717) is 23.8 Å². The Bertz CT molecular complexity index is 771. The number of hydrogen-bond acceptors (Lipinski definition) is 3. The Labute approximate surface area is 144 Å². The summed E-state index contributed by atoms with van der Waals surface area (Å²) < 4.78 is 1.57. The molecule has 24 heavy (non-hydrogen) atoms. The molecule has 1 aliphatic rings. The van der Waals surface area contributed by atoms with Crippen LogP contribution in [-0.2, 0) is 11.8 Å². The van der Waals surface area contributed by atoms with E-state index in [4.69, 9.17) is 11.6 Å². The van der Waals surface area contributed by atoms with Gasteiger partial charge in [0.25, 0.3) is 0 Å². The van der Waals surface area contributed by atoms with Crippen molar-refractivity contribution in [3.05, 3.63) is 41.0 Å². The summed E-state index contributed by atoms with van der Waals surface area (Å²) in [5.74, 6) is 0.443. The van der Waals surface area contributed by atoms with Crippen LogP contribution in [0.3, 0.4) is 0 Å². The maximum Gasteiger partial charge on any atom is 0.321 e. The number of nitrogens with one attached hydrogen (secondary N) is 2. The van der Waals surface area contributed by atoms with Gasteiger partial charge in [-0.15, -0.1) is 0 Å². The van der Waals surface area contributed by atoms with Crippen LogP contribution in [0.2, 0.25) is 5.02 Å². The number of nitrogens with zero attached hydrogens (tertiary/aromatic N) is 3. The second-order valence-electron chi connectivity index (χ2n) is 5.70. The number of anilines is 2. The third-order valence-electron chi connectivity index (χ3n) is 3.89. The van der Waals surface area contributed by atoms with Gasteiger partial charge < -0.3 is 10.2 Å². The standard InChI is InChI=1S/C16H18ClN5O2/c1-10-9-14(21(2)20-10)19-16(24)18-13-7-8-22(15(13)23)12-5-3-11(17)4-6-12/h3-6,9,13H,7-8H2,1-2H3,(H2,18,19,24)/t13-/m1/s1. The second kappa shape index (κ2) is 6.52. The van der Waals surface area contributed by atoms with Crippen molar-refractivity contribution in [1.82, 2.24) is 15.1 Å². The highest BCUT2D eigenvalue weighted by Gasteiger charge is 2.33. The molecule has 1 aromatic carbocycles. The molecule has 126 valence electrons. The van der Waals surface area contributed by atoms with Crippen molar-refractivity contribution in [3.8, 4) is 0 Å². The first-order valence-corrected chi connectivity index (χ1v) is 7.97. The van der Waals surface area contributed by atoms with Crippen molar-refractivity contribution in [3.63, 3.8) is 0 Å². The fraction of sp³-hybridized carbons (Fsp3) is 0.312. The zero-order valence-electron chi connectivity index (χ0n) is 13.4. The molecule has 1 saturated heterocycles. The largest absolute Gasteiger partial charge is 0.326 e. The van der Waals surface area contributed by atoms with Gasteiger partial charge in [-0.2, -0.15) is 5.10 Å². The topological polar surface area (TPSA) is 79.3 Å². The summed E-state index contributed by atoms with van der Waals surface area (Å²) in [7, 11) is 1.74. The monoisotopic (exact) mass is 347 g/mol. The molecule has 0 radical (unpaired) electrons. The Kier molecular flexibility index (Phi) is 4.44. The lowest BCUT2D eigenvalue weighted by atomic mass is 10.2. The van der Waals surface area contributed by atoms with Crippen LogP contribution in [-0.4, -0.2) is 34.3 Å². The molecule has 1 atom stereocenters. The van der Waals surface area contributed by atoms with Crippen molar-refractivity contribution < 1.29 is 9.59 Å². The van der Waals surface area contributed by atoms with Gasteiger partial charge in [0.15, 0.2) is 0 Å². The molecule has 0 bridgehead atoms. The number of benzene rings is 1. The number of carbonyl (C=O) groups excluding carboxylic acids is 2. The van der Waals surface area contributed by atoms with Gasteiger partial charge in [0.05, 0.1) is 5.69 Å². The second-order valence-corrected chi connectivity index (χ2v) is 6.14. The Balaban J connectivity index is 1.62. The van der Waals surface area contributed by atoms with Gasteiger partial charge in [0.2, 0.25) is 5.91 Å². The highest BCUT2D eigenvalue weighted by Crippen LogP contribution is 2.23. The van der Waals surface area contributed by atoms with E-state index in [0.717, 1.165) is 11.4 Å². The molecule has 0 spiro atoms. The number of hydrogen-bond donors (Lipinski definition) is 2. The van der Waals surface area contributed by atoms with E-state index in [9.17, 15) is 9.59 Å². The average Bonchev–Trinajstić information content (AvgIpc) is 3.03. The molecule has 0 unspecified atom stereocenters. The number of urea groups is 1. The summed E-state index contributed by atoms with van der Waals surface area (Å²) in [5.41, 5.74) is 1.58. The van der Waals surface area contributed by atoms with Crippen molar-refractivity contribution in [2.75, 3.05) is 16.8 Å². The van der Waals surface area contributed by atoms with Gasteiger partial charge in [0, 0.05) is 30.4 Å². The van der Waals surface area contributed by atoms with E-state index in [1.54, 1.807) is 47.0 Å². The smallest absolute Gasteiger partial charge is 0.321 e. The predicted molar refractivity (Wildman–Crippen MR) is 92.3 cm³/mol. The normalized spacial score (nSPS) is 17.2. The SMILES string of the molecule is Cc1cc(NC(=O)N[C@@H]2CCN(c3ccc(Cl)cc3)C2=O)n(C)n1. The number of halogens is 1. The van der Waals surface area contributed by atoms with Gasteiger partial charge in [-0.1, -0.05) is 11.6 Å². The van der Waals surface area contributed by atoms with Gasteiger partial charge in [-0.05, 0) is 37.6 Å². The van der Waals surface area contributed by atoms with E-state index in [1.165, 1.54) is 0 Å². The predicted octanol–water partition coefficient (Wildman–Crippen LogP) is 2.31. The zero-order valence-corrected chi connectivity index (χ0v) is 14.2. The van der Waals surface area contributed by atoms with Crippen LogP contribution in [0.25, 0.3) is 0 Å². The molecule has 0 saturated carbocycles. The lowest BCUT2D eigenvalue weighted by Crippen LogP contribution is -2.43. The summed E-state index contributed by atoms with van der Waals surface area (Å²) in [6.07, 6.45) is 0.555. The van der Waals surface area contributed by atoms with Crippen LogP contribution in [0.4, 0.5) is 16.3 Å². The van der Waals surface area contributed by atoms with E-state index < -0.39 is 12.1 Å². The van der Waals surface area contributed by atoms with Crippen LogP contribution in [0, 0.1) is 6.92 Å². The molecular formula is C16H18ClN5O2. The molecule has 1 aliphatic heterocycles. The van der Waals surface area contributed by atoms with Gasteiger partial charge >= 0.3 is 6.03 Å². The minimum atomic E-state index is -0.546. The Morgan fingerprint density at radius 1 is 1.33 bits per heavy atom. The van der Waals surface area contributed by atoms with Crippen LogP contribution < -0.4 is 15.5 Å². The van der Waals surface area contributed by atoms with E-state index in [1.807, 2.05) is 6.92 Å². The first kappa shape index (κ1) is 16.3. The Morgan fingerprint density at radius 2 is 2.04 bits per heavy atom. The fourth-order valence-electron chi connectivity index (χ4n) is 2.73. The van der Waals surface area contributed by atoms with E-state index in [-0.39, 0.29) is 5.91 Å². The minimum absolute atomic E-state index is 0.131. The quantitative estimate of drug-likeness (QED) is 0.894. The molecule has 0 aliphatic carbocycles. The molecule has 2 aromatic rings. The third-order valence-corrected chi connectivity index (χ3v) is 4.14. The molecule has 2 heterocycles. The summed E-state index contributed by atoms with van der Waals surface area (Å²) in [4.78, 5) is 26.2.